The second-order valence-corrected chi connectivity index (χ2v) is 2.41. The lowest BCUT2D eigenvalue weighted by atomic mass is 10.3. The van der Waals surface area contributed by atoms with Crippen molar-refractivity contribution in [2.75, 3.05) is 13.2 Å². The van der Waals surface area contributed by atoms with Gasteiger partial charge in [0.1, 0.15) is 13.2 Å². The maximum Gasteiger partial charge on any atom is 0.164 e. The molecule has 0 amide bonds. The van der Waals surface area contributed by atoms with E-state index in [1.54, 1.807) is 0 Å². The lowest BCUT2D eigenvalue weighted by molar-refractivity contribution is 0.169. The Morgan fingerprint density at radius 1 is 0.917 bits per heavy atom. The third kappa shape index (κ3) is 1.09. The Morgan fingerprint density at radius 3 is 1.75 bits per heavy atom. The van der Waals surface area contributed by atoms with Gasteiger partial charge in [-0.3, -0.25) is 0 Å². The lowest BCUT2D eigenvalue weighted by Gasteiger charge is -2.17. The van der Waals surface area contributed by atoms with Crippen molar-refractivity contribution in [3.05, 3.63) is 23.8 Å². The molecule has 1 aliphatic heterocycles. The van der Waals surface area contributed by atoms with E-state index in [0.717, 1.165) is 12.1 Å². The van der Waals surface area contributed by atoms with Crippen molar-refractivity contribution in [3.63, 3.8) is 0 Å². The fraction of sp³-hybridized carbons (Fsp3) is 0.250. The van der Waals surface area contributed by atoms with Crippen LogP contribution in [0.5, 0.6) is 11.5 Å². The second kappa shape index (κ2) is 2.62. The van der Waals surface area contributed by atoms with Gasteiger partial charge in [-0.15, -0.1) is 0 Å². The molecule has 1 aliphatic rings. The molecule has 0 bridgehead atoms. The Morgan fingerprint density at radius 2 is 1.33 bits per heavy atom. The molecule has 0 fully saturated rings. The standard InChI is InChI=1S/C8H6F2O2/c9-5-3-7-8(4-6(5)10)12-2-1-11-7/h3-4H,1-2H2. The highest BCUT2D eigenvalue weighted by Crippen LogP contribution is 2.31. The molecule has 0 radical (unpaired) electrons. The first-order chi connectivity index (χ1) is 5.77. The quantitative estimate of drug-likeness (QED) is 0.593. The van der Waals surface area contributed by atoms with Crippen LogP contribution in [0.2, 0.25) is 0 Å². The summed E-state index contributed by atoms with van der Waals surface area (Å²) >= 11 is 0. The van der Waals surface area contributed by atoms with Gasteiger partial charge in [0.25, 0.3) is 0 Å². The average molecular weight is 172 g/mol. The number of hydrogen-bond acceptors (Lipinski definition) is 2. The van der Waals surface area contributed by atoms with Gasteiger partial charge in [0.2, 0.25) is 0 Å². The Balaban J connectivity index is 2.49. The maximum atomic E-state index is 12.6. The highest BCUT2D eigenvalue weighted by Gasteiger charge is 2.15. The molecule has 0 aliphatic carbocycles. The Labute approximate surface area is 67.7 Å². The van der Waals surface area contributed by atoms with E-state index in [-0.39, 0.29) is 11.5 Å². The number of halogens is 2. The smallest absolute Gasteiger partial charge is 0.164 e. The van der Waals surface area contributed by atoms with Gasteiger partial charge >= 0.3 is 0 Å². The van der Waals surface area contributed by atoms with E-state index in [1.807, 2.05) is 0 Å². The van der Waals surface area contributed by atoms with Crippen molar-refractivity contribution in [3.8, 4) is 11.5 Å². The van der Waals surface area contributed by atoms with Crippen LogP contribution in [0.15, 0.2) is 12.1 Å². The SMILES string of the molecule is Fc1cc2c(cc1F)OCCO2. The Hall–Kier alpha value is -1.32. The molecule has 0 spiro atoms. The van der Waals surface area contributed by atoms with Gasteiger partial charge in [-0.1, -0.05) is 0 Å². The van der Waals surface area contributed by atoms with E-state index in [9.17, 15) is 8.78 Å². The van der Waals surface area contributed by atoms with Gasteiger partial charge in [-0.25, -0.2) is 8.78 Å². The topological polar surface area (TPSA) is 18.5 Å². The molecule has 1 aromatic carbocycles. The zero-order valence-corrected chi connectivity index (χ0v) is 6.14. The van der Waals surface area contributed by atoms with Crippen LogP contribution in [-0.4, -0.2) is 13.2 Å². The summed E-state index contributed by atoms with van der Waals surface area (Å²) in [6.45, 7) is 0.746. The van der Waals surface area contributed by atoms with E-state index in [2.05, 4.69) is 0 Å². The molecule has 0 saturated carbocycles. The van der Waals surface area contributed by atoms with Crippen LogP contribution < -0.4 is 9.47 Å². The largest absolute Gasteiger partial charge is 0.486 e. The molecular formula is C8H6F2O2. The predicted octanol–water partition coefficient (Wildman–Crippen LogP) is 1.74. The molecule has 0 unspecified atom stereocenters. The summed E-state index contributed by atoms with van der Waals surface area (Å²) in [5.41, 5.74) is 0. The fourth-order valence-electron chi connectivity index (χ4n) is 1.04. The van der Waals surface area contributed by atoms with Gasteiger partial charge in [0.15, 0.2) is 23.1 Å². The average Bonchev–Trinajstić information content (AvgIpc) is 2.07. The minimum absolute atomic E-state index is 0.264. The molecular weight excluding hydrogens is 166 g/mol. The molecule has 1 heterocycles. The summed E-state index contributed by atoms with van der Waals surface area (Å²) in [5, 5.41) is 0. The molecule has 2 nitrogen and oxygen atoms in total. The first kappa shape index (κ1) is 7.34. The molecule has 0 saturated heterocycles. The Bertz CT molecular complexity index is 281. The molecule has 0 N–H and O–H groups in total. The third-order valence-corrected chi connectivity index (χ3v) is 1.59. The Kier molecular flexibility index (Phi) is 1.60. The minimum atomic E-state index is -0.917. The lowest BCUT2D eigenvalue weighted by Crippen LogP contribution is -2.15. The highest BCUT2D eigenvalue weighted by molar-refractivity contribution is 5.41. The van der Waals surface area contributed by atoms with Gasteiger partial charge in [0, 0.05) is 12.1 Å². The molecule has 4 heteroatoms. The summed E-state index contributed by atoms with van der Waals surface area (Å²) < 4.78 is 35.2. The van der Waals surface area contributed by atoms with Gasteiger partial charge < -0.3 is 9.47 Å². The second-order valence-electron chi connectivity index (χ2n) is 2.41. The molecule has 64 valence electrons. The van der Waals surface area contributed by atoms with Crippen molar-refractivity contribution in [2.24, 2.45) is 0 Å². The normalized spacial score (nSPS) is 14.5. The number of benzene rings is 1. The molecule has 0 aromatic heterocycles. The highest BCUT2D eigenvalue weighted by atomic mass is 19.2. The van der Waals surface area contributed by atoms with Crippen molar-refractivity contribution >= 4 is 0 Å². The fourth-order valence-corrected chi connectivity index (χ4v) is 1.04. The van der Waals surface area contributed by atoms with Gasteiger partial charge in [0.05, 0.1) is 0 Å². The van der Waals surface area contributed by atoms with Gasteiger partial charge in [-0.2, -0.15) is 0 Å². The van der Waals surface area contributed by atoms with Crippen molar-refractivity contribution in [2.45, 2.75) is 0 Å². The van der Waals surface area contributed by atoms with Crippen molar-refractivity contribution < 1.29 is 18.3 Å². The maximum absolute atomic E-state index is 12.6. The van der Waals surface area contributed by atoms with Gasteiger partial charge in [-0.05, 0) is 0 Å². The number of ether oxygens (including phenoxy) is 2. The molecule has 12 heavy (non-hydrogen) atoms. The van der Waals surface area contributed by atoms with Crippen LogP contribution in [-0.2, 0) is 0 Å². The number of hydrogen-bond donors (Lipinski definition) is 0. The predicted molar refractivity (Wildman–Crippen MR) is 37.3 cm³/mol. The van der Waals surface area contributed by atoms with E-state index >= 15 is 0 Å². The molecule has 1 aromatic rings. The first-order valence-corrected chi connectivity index (χ1v) is 3.52. The summed E-state index contributed by atoms with van der Waals surface area (Å²) in [6.07, 6.45) is 0. The zero-order valence-electron chi connectivity index (χ0n) is 6.14. The van der Waals surface area contributed by atoms with Crippen LogP contribution in [0.4, 0.5) is 8.78 Å². The zero-order chi connectivity index (χ0) is 8.55. The monoisotopic (exact) mass is 172 g/mol. The number of rotatable bonds is 0. The summed E-state index contributed by atoms with van der Waals surface area (Å²) in [5.74, 6) is -1.31. The minimum Gasteiger partial charge on any atom is -0.486 e. The van der Waals surface area contributed by atoms with E-state index in [0.29, 0.717) is 13.2 Å². The first-order valence-electron chi connectivity index (χ1n) is 3.52. The third-order valence-electron chi connectivity index (χ3n) is 1.59. The summed E-state index contributed by atoms with van der Waals surface area (Å²) in [4.78, 5) is 0. The molecule has 2 rings (SSSR count). The van der Waals surface area contributed by atoms with E-state index in [1.165, 1.54) is 0 Å². The van der Waals surface area contributed by atoms with Crippen LogP contribution in [0.1, 0.15) is 0 Å². The van der Waals surface area contributed by atoms with E-state index in [4.69, 9.17) is 9.47 Å². The summed E-state index contributed by atoms with van der Waals surface area (Å²) in [6, 6.07) is 1.98. The summed E-state index contributed by atoms with van der Waals surface area (Å²) in [7, 11) is 0. The molecule has 0 atom stereocenters. The van der Waals surface area contributed by atoms with E-state index < -0.39 is 11.6 Å². The van der Waals surface area contributed by atoms with Crippen molar-refractivity contribution in [1.82, 2.24) is 0 Å². The van der Waals surface area contributed by atoms with Crippen LogP contribution in [0.3, 0.4) is 0 Å². The van der Waals surface area contributed by atoms with Crippen LogP contribution in [0.25, 0.3) is 0 Å². The number of fused-ring (bicyclic) bond motifs is 1. The van der Waals surface area contributed by atoms with Crippen molar-refractivity contribution in [1.29, 1.82) is 0 Å². The van der Waals surface area contributed by atoms with Crippen LogP contribution in [0, 0.1) is 11.6 Å². The van der Waals surface area contributed by atoms with Crippen LogP contribution >= 0.6 is 0 Å².